The number of hydrogen-bond donors (Lipinski definition) is 2. The molecule has 0 radical (unpaired) electrons. The summed E-state index contributed by atoms with van der Waals surface area (Å²) in [5.74, 6) is 0.267. The minimum atomic E-state index is -4.35. The van der Waals surface area contributed by atoms with Crippen LogP contribution in [0.3, 0.4) is 0 Å². The van der Waals surface area contributed by atoms with Crippen molar-refractivity contribution in [2.75, 3.05) is 39.8 Å². The van der Waals surface area contributed by atoms with E-state index in [2.05, 4.69) is 15.5 Å². The molecule has 1 aromatic rings. The number of piperidine rings is 1. The molecule has 1 atom stereocenters. The first-order valence-electron chi connectivity index (χ1n) is 8.35. The van der Waals surface area contributed by atoms with Crippen LogP contribution in [0.4, 0.5) is 13.2 Å². The normalized spacial score (nSPS) is 18.1. The Hall–Kier alpha value is -1.51. The standard InChI is InChI=1S/C17H24F3N3O2.ClH/c1-21-14-3-2-9-23(11-14)12-16(24)22-8-10-25-15-6-4-13(5-7-15)17(18,19)20;/h4-7,14,21H,2-3,8-12H2,1H3,(H,22,24);1H. The van der Waals surface area contributed by atoms with Crippen LogP contribution in [0.1, 0.15) is 18.4 Å². The van der Waals surface area contributed by atoms with E-state index in [9.17, 15) is 18.0 Å². The molecule has 1 unspecified atom stereocenters. The Kier molecular flexibility index (Phi) is 9.18. The molecule has 0 bridgehead atoms. The third-order valence-corrected chi connectivity index (χ3v) is 4.16. The van der Waals surface area contributed by atoms with Crippen molar-refractivity contribution in [1.82, 2.24) is 15.5 Å². The van der Waals surface area contributed by atoms with Crippen LogP contribution in [0.15, 0.2) is 24.3 Å². The number of likely N-dealkylation sites (tertiary alicyclic amines) is 1. The van der Waals surface area contributed by atoms with Gasteiger partial charge in [-0.15, -0.1) is 12.4 Å². The minimum absolute atomic E-state index is 0. The first-order valence-corrected chi connectivity index (χ1v) is 8.35. The summed E-state index contributed by atoms with van der Waals surface area (Å²) in [6, 6.07) is 4.92. The van der Waals surface area contributed by atoms with E-state index in [4.69, 9.17) is 4.74 Å². The van der Waals surface area contributed by atoms with Gasteiger partial charge in [-0.05, 0) is 50.7 Å². The molecule has 0 aliphatic carbocycles. The van der Waals surface area contributed by atoms with Gasteiger partial charge in [-0.2, -0.15) is 13.2 Å². The third-order valence-electron chi connectivity index (χ3n) is 4.16. The number of nitrogens with zero attached hydrogens (tertiary/aromatic N) is 1. The van der Waals surface area contributed by atoms with Gasteiger partial charge in [0.25, 0.3) is 0 Å². The molecule has 1 saturated heterocycles. The van der Waals surface area contributed by atoms with Gasteiger partial charge < -0.3 is 15.4 Å². The van der Waals surface area contributed by atoms with E-state index in [1.54, 1.807) is 0 Å². The Morgan fingerprint density at radius 3 is 2.62 bits per heavy atom. The molecule has 0 saturated carbocycles. The fraction of sp³-hybridized carbons (Fsp3) is 0.588. The lowest BCUT2D eigenvalue weighted by Crippen LogP contribution is -2.48. The quantitative estimate of drug-likeness (QED) is 0.696. The van der Waals surface area contributed by atoms with Gasteiger partial charge in [0.2, 0.25) is 5.91 Å². The van der Waals surface area contributed by atoms with Crippen molar-refractivity contribution in [3.8, 4) is 5.75 Å². The fourth-order valence-corrected chi connectivity index (χ4v) is 2.79. The first-order chi connectivity index (χ1) is 11.9. The molecule has 5 nitrogen and oxygen atoms in total. The Morgan fingerprint density at radius 2 is 2.00 bits per heavy atom. The summed E-state index contributed by atoms with van der Waals surface area (Å²) in [4.78, 5) is 14.0. The molecular weight excluding hydrogens is 371 g/mol. The van der Waals surface area contributed by atoms with Crippen molar-refractivity contribution in [2.45, 2.75) is 25.1 Å². The van der Waals surface area contributed by atoms with Gasteiger partial charge >= 0.3 is 6.18 Å². The highest BCUT2D eigenvalue weighted by Gasteiger charge is 2.30. The summed E-state index contributed by atoms with van der Waals surface area (Å²) in [7, 11) is 1.92. The molecule has 26 heavy (non-hydrogen) atoms. The highest BCUT2D eigenvalue weighted by Crippen LogP contribution is 2.30. The zero-order valence-electron chi connectivity index (χ0n) is 14.6. The average molecular weight is 396 g/mol. The summed E-state index contributed by atoms with van der Waals surface area (Å²) < 4.78 is 42.7. The molecule has 1 aliphatic heterocycles. The molecule has 1 heterocycles. The number of likely N-dealkylation sites (N-methyl/N-ethyl adjacent to an activating group) is 1. The van der Waals surface area contributed by atoms with Crippen molar-refractivity contribution in [3.63, 3.8) is 0 Å². The van der Waals surface area contributed by atoms with Crippen LogP contribution >= 0.6 is 12.4 Å². The van der Waals surface area contributed by atoms with Gasteiger partial charge in [0.15, 0.2) is 0 Å². The van der Waals surface area contributed by atoms with Crippen LogP contribution in [-0.2, 0) is 11.0 Å². The molecule has 2 rings (SSSR count). The Morgan fingerprint density at radius 1 is 1.31 bits per heavy atom. The lowest BCUT2D eigenvalue weighted by Gasteiger charge is -2.31. The SMILES string of the molecule is CNC1CCCN(CC(=O)NCCOc2ccc(C(F)(F)F)cc2)C1.Cl. The molecule has 1 amide bonds. The van der Waals surface area contributed by atoms with Crippen molar-refractivity contribution >= 4 is 18.3 Å². The highest BCUT2D eigenvalue weighted by molar-refractivity contribution is 5.85. The second-order valence-corrected chi connectivity index (χ2v) is 6.08. The third kappa shape index (κ3) is 7.39. The Labute approximate surface area is 157 Å². The number of ether oxygens (including phenoxy) is 1. The topological polar surface area (TPSA) is 53.6 Å². The highest BCUT2D eigenvalue weighted by atomic mass is 35.5. The predicted molar refractivity (Wildman–Crippen MR) is 95.7 cm³/mol. The average Bonchev–Trinajstić information content (AvgIpc) is 2.58. The van der Waals surface area contributed by atoms with Crippen LogP contribution < -0.4 is 15.4 Å². The fourth-order valence-electron chi connectivity index (χ4n) is 2.79. The smallest absolute Gasteiger partial charge is 0.416 e. The number of carbonyl (C=O) groups is 1. The number of rotatable bonds is 7. The van der Waals surface area contributed by atoms with Crippen molar-refractivity contribution in [3.05, 3.63) is 29.8 Å². The van der Waals surface area contributed by atoms with Gasteiger partial charge in [-0.25, -0.2) is 0 Å². The second kappa shape index (κ2) is 10.6. The van der Waals surface area contributed by atoms with Crippen LogP contribution in [0.5, 0.6) is 5.75 Å². The molecule has 1 aliphatic rings. The van der Waals surface area contributed by atoms with Gasteiger partial charge in [-0.3, -0.25) is 9.69 Å². The van der Waals surface area contributed by atoms with E-state index in [0.717, 1.165) is 38.1 Å². The van der Waals surface area contributed by atoms with Crippen molar-refractivity contribution in [2.24, 2.45) is 0 Å². The summed E-state index contributed by atoms with van der Waals surface area (Å²) in [5, 5.41) is 5.99. The molecule has 1 aromatic carbocycles. The van der Waals surface area contributed by atoms with Gasteiger partial charge in [0.1, 0.15) is 12.4 Å². The van der Waals surface area contributed by atoms with Gasteiger partial charge in [0, 0.05) is 12.6 Å². The molecule has 9 heteroatoms. The van der Waals surface area contributed by atoms with Crippen molar-refractivity contribution < 1.29 is 22.7 Å². The maximum atomic E-state index is 12.5. The summed E-state index contributed by atoms with van der Waals surface area (Å²) in [5.41, 5.74) is -0.713. The molecule has 0 spiro atoms. The molecular formula is C17H25ClF3N3O2. The van der Waals surface area contributed by atoms with E-state index in [-0.39, 0.29) is 24.9 Å². The van der Waals surface area contributed by atoms with E-state index >= 15 is 0 Å². The van der Waals surface area contributed by atoms with E-state index in [0.29, 0.717) is 24.9 Å². The number of amides is 1. The number of carbonyl (C=O) groups excluding carboxylic acids is 1. The lowest BCUT2D eigenvalue weighted by atomic mass is 10.1. The molecule has 1 fully saturated rings. The monoisotopic (exact) mass is 395 g/mol. The maximum absolute atomic E-state index is 12.5. The Bertz CT molecular complexity index is 555. The van der Waals surface area contributed by atoms with Crippen LogP contribution in [-0.4, -0.2) is 56.7 Å². The Balaban J connectivity index is 0.00000338. The van der Waals surface area contributed by atoms with E-state index in [1.807, 2.05) is 7.05 Å². The number of hydrogen-bond acceptors (Lipinski definition) is 4. The lowest BCUT2D eigenvalue weighted by molar-refractivity contribution is -0.137. The predicted octanol–water partition coefficient (Wildman–Crippen LogP) is 2.31. The van der Waals surface area contributed by atoms with E-state index in [1.165, 1.54) is 12.1 Å². The number of alkyl halides is 3. The largest absolute Gasteiger partial charge is 0.492 e. The molecule has 148 valence electrons. The van der Waals surface area contributed by atoms with Crippen LogP contribution in [0.25, 0.3) is 0 Å². The summed E-state index contributed by atoms with van der Waals surface area (Å²) in [6.45, 7) is 2.62. The zero-order valence-corrected chi connectivity index (χ0v) is 15.5. The van der Waals surface area contributed by atoms with Gasteiger partial charge in [-0.1, -0.05) is 0 Å². The van der Waals surface area contributed by atoms with E-state index < -0.39 is 11.7 Å². The second-order valence-electron chi connectivity index (χ2n) is 6.08. The summed E-state index contributed by atoms with van der Waals surface area (Å²) in [6.07, 6.45) is -2.17. The maximum Gasteiger partial charge on any atom is 0.416 e. The zero-order chi connectivity index (χ0) is 18.3. The minimum Gasteiger partial charge on any atom is -0.492 e. The van der Waals surface area contributed by atoms with Crippen molar-refractivity contribution in [1.29, 1.82) is 0 Å². The molecule has 0 aromatic heterocycles. The number of benzene rings is 1. The number of nitrogens with one attached hydrogen (secondary N) is 2. The first kappa shape index (κ1) is 22.5. The number of halogens is 4. The van der Waals surface area contributed by atoms with Gasteiger partial charge in [0.05, 0.1) is 18.7 Å². The summed E-state index contributed by atoms with van der Waals surface area (Å²) >= 11 is 0. The molecule has 2 N–H and O–H groups in total. The van der Waals surface area contributed by atoms with Crippen LogP contribution in [0, 0.1) is 0 Å². The van der Waals surface area contributed by atoms with Crippen LogP contribution in [0.2, 0.25) is 0 Å².